The molecule has 0 bridgehead atoms. The average molecular weight is 289 g/mol. The Kier molecular flexibility index (Phi) is 4.37. The Bertz CT molecular complexity index is 484. The molecule has 2 rings (SSSR count). The van der Waals surface area contributed by atoms with Crippen molar-refractivity contribution in [1.82, 2.24) is 10.2 Å². The van der Waals surface area contributed by atoms with Gasteiger partial charge < -0.3 is 5.32 Å². The SMILES string of the molecule is CN1C[C@H](F)CC1C(=O)NCc1cccc(Cl)c1F. The zero-order chi connectivity index (χ0) is 14.0. The van der Waals surface area contributed by atoms with E-state index >= 15 is 0 Å². The Balaban J connectivity index is 1.95. The van der Waals surface area contributed by atoms with Crippen LogP contribution in [0.15, 0.2) is 18.2 Å². The maximum Gasteiger partial charge on any atom is 0.237 e. The fourth-order valence-corrected chi connectivity index (χ4v) is 2.42. The number of carbonyl (C=O) groups excluding carboxylic acids is 1. The number of amides is 1. The van der Waals surface area contributed by atoms with Crippen LogP contribution in [-0.2, 0) is 11.3 Å². The third-order valence-corrected chi connectivity index (χ3v) is 3.58. The fourth-order valence-electron chi connectivity index (χ4n) is 2.23. The molecule has 1 aromatic rings. The van der Waals surface area contributed by atoms with Crippen molar-refractivity contribution in [3.8, 4) is 0 Å². The van der Waals surface area contributed by atoms with E-state index in [0.717, 1.165) is 0 Å². The van der Waals surface area contributed by atoms with Crippen LogP contribution in [0.25, 0.3) is 0 Å². The molecule has 19 heavy (non-hydrogen) atoms. The number of hydrogen-bond donors (Lipinski definition) is 1. The number of likely N-dealkylation sites (tertiary alicyclic amines) is 1. The smallest absolute Gasteiger partial charge is 0.237 e. The molecule has 3 nitrogen and oxygen atoms in total. The van der Waals surface area contributed by atoms with Crippen molar-refractivity contribution in [3.63, 3.8) is 0 Å². The van der Waals surface area contributed by atoms with E-state index < -0.39 is 18.0 Å². The zero-order valence-electron chi connectivity index (χ0n) is 10.5. The van der Waals surface area contributed by atoms with Gasteiger partial charge in [-0.2, -0.15) is 0 Å². The summed E-state index contributed by atoms with van der Waals surface area (Å²) in [5, 5.41) is 2.64. The van der Waals surface area contributed by atoms with Crippen molar-refractivity contribution in [2.24, 2.45) is 0 Å². The summed E-state index contributed by atoms with van der Waals surface area (Å²) in [5.74, 6) is -0.824. The molecule has 0 aliphatic carbocycles. The minimum absolute atomic E-state index is 0.0218. The summed E-state index contributed by atoms with van der Waals surface area (Å²) in [5.41, 5.74) is 0.318. The van der Waals surface area contributed by atoms with Gasteiger partial charge in [0.2, 0.25) is 5.91 Å². The molecule has 0 spiro atoms. The topological polar surface area (TPSA) is 32.3 Å². The van der Waals surface area contributed by atoms with Crippen molar-refractivity contribution >= 4 is 17.5 Å². The van der Waals surface area contributed by atoms with E-state index in [9.17, 15) is 13.6 Å². The van der Waals surface area contributed by atoms with E-state index in [1.807, 2.05) is 0 Å². The van der Waals surface area contributed by atoms with Crippen LogP contribution in [0.3, 0.4) is 0 Å². The number of nitrogens with one attached hydrogen (secondary N) is 1. The highest BCUT2D eigenvalue weighted by Gasteiger charge is 2.34. The second kappa shape index (κ2) is 5.84. The predicted molar refractivity (Wildman–Crippen MR) is 69.2 cm³/mol. The molecule has 1 fully saturated rings. The third kappa shape index (κ3) is 3.22. The lowest BCUT2D eigenvalue weighted by Crippen LogP contribution is -2.41. The maximum atomic E-state index is 13.6. The lowest BCUT2D eigenvalue weighted by Gasteiger charge is -2.18. The van der Waals surface area contributed by atoms with Gasteiger partial charge in [-0.25, -0.2) is 8.78 Å². The minimum Gasteiger partial charge on any atom is -0.351 e. The van der Waals surface area contributed by atoms with Gasteiger partial charge in [-0.05, 0) is 13.1 Å². The van der Waals surface area contributed by atoms with Gasteiger partial charge in [0, 0.05) is 25.1 Å². The highest BCUT2D eigenvalue weighted by atomic mass is 35.5. The van der Waals surface area contributed by atoms with Crippen molar-refractivity contribution in [2.75, 3.05) is 13.6 Å². The lowest BCUT2D eigenvalue weighted by atomic mass is 10.1. The van der Waals surface area contributed by atoms with Crippen LogP contribution < -0.4 is 5.32 Å². The predicted octanol–water partition coefficient (Wildman–Crippen LogP) is 2.14. The Hall–Kier alpha value is -1.20. The summed E-state index contributed by atoms with van der Waals surface area (Å²) < 4.78 is 26.8. The van der Waals surface area contributed by atoms with Crippen molar-refractivity contribution in [1.29, 1.82) is 0 Å². The summed E-state index contributed by atoms with van der Waals surface area (Å²) >= 11 is 5.65. The van der Waals surface area contributed by atoms with Gasteiger partial charge >= 0.3 is 0 Å². The first-order chi connectivity index (χ1) is 8.99. The lowest BCUT2D eigenvalue weighted by molar-refractivity contribution is -0.125. The molecule has 1 saturated heterocycles. The summed E-state index contributed by atoms with van der Waals surface area (Å²) in [4.78, 5) is 13.6. The molecule has 1 aromatic carbocycles. The summed E-state index contributed by atoms with van der Waals surface area (Å²) in [6.45, 7) is 0.302. The molecule has 1 aliphatic heterocycles. The monoisotopic (exact) mass is 288 g/mol. The largest absolute Gasteiger partial charge is 0.351 e. The molecule has 1 N–H and O–H groups in total. The summed E-state index contributed by atoms with van der Waals surface area (Å²) in [7, 11) is 1.70. The number of carbonyl (C=O) groups is 1. The van der Waals surface area contributed by atoms with Crippen molar-refractivity contribution in [2.45, 2.75) is 25.2 Å². The molecule has 6 heteroatoms. The second-order valence-corrected chi connectivity index (χ2v) is 5.13. The van der Waals surface area contributed by atoms with E-state index in [2.05, 4.69) is 5.32 Å². The van der Waals surface area contributed by atoms with Gasteiger partial charge in [0.05, 0.1) is 11.1 Å². The number of nitrogens with zero attached hydrogens (tertiary/aromatic N) is 1. The Morgan fingerprint density at radius 1 is 1.58 bits per heavy atom. The van der Waals surface area contributed by atoms with E-state index in [4.69, 9.17) is 11.6 Å². The molecule has 1 heterocycles. The highest BCUT2D eigenvalue weighted by molar-refractivity contribution is 6.30. The molecule has 1 amide bonds. The van der Waals surface area contributed by atoms with Crippen molar-refractivity contribution in [3.05, 3.63) is 34.6 Å². The van der Waals surface area contributed by atoms with Gasteiger partial charge in [0.15, 0.2) is 0 Å². The number of alkyl halides is 1. The quantitative estimate of drug-likeness (QED) is 0.924. The van der Waals surface area contributed by atoms with E-state index in [1.165, 1.54) is 6.07 Å². The second-order valence-electron chi connectivity index (χ2n) is 4.72. The Morgan fingerprint density at radius 3 is 2.95 bits per heavy atom. The van der Waals surface area contributed by atoms with Crippen LogP contribution in [-0.4, -0.2) is 36.6 Å². The first-order valence-corrected chi connectivity index (χ1v) is 6.41. The van der Waals surface area contributed by atoms with Crippen molar-refractivity contribution < 1.29 is 13.6 Å². The van der Waals surface area contributed by atoms with Crippen LogP contribution in [0.2, 0.25) is 5.02 Å². The van der Waals surface area contributed by atoms with Gasteiger partial charge in [0.25, 0.3) is 0 Å². The highest BCUT2D eigenvalue weighted by Crippen LogP contribution is 2.20. The average Bonchev–Trinajstić information content (AvgIpc) is 2.70. The standard InChI is InChI=1S/C13H15ClF2N2O/c1-18-7-9(15)5-11(18)13(19)17-6-8-3-2-4-10(14)12(8)16/h2-4,9,11H,5-7H2,1H3,(H,17,19)/t9-,11?/m1/s1. The molecule has 104 valence electrons. The molecule has 2 atom stereocenters. The van der Waals surface area contributed by atoms with Gasteiger partial charge in [-0.3, -0.25) is 9.69 Å². The molecule has 0 radical (unpaired) electrons. The minimum atomic E-state index is -0.983. The maximum absolute atomic E-state index is 13.6. The number of benzene rings is 1. The number of hydrogen-bond acceptors (Lipinski definition) is 2. The Morgan fingerprint density at radius 2 is 2.32 bits per heavy atom. The fraction of sp³-hybridized carbons (Fsp3) is 0.462. The van der Waals surface area contributed by atoms with Crippen LogP contribution in [0, 0.1) is 5.82 Å². The Labute approximate surface area is 115 Å². The molecular weight excluding hydrogens is 274 g/mol. The third-order valence-electron chi connectivity index (χ3n) is 3.28. The zero-order valence-corrected chi connectivity index (χ0v) is 11.3. The van der Waals surface area contributed by atoms with E-state index in [0.29, 0.717) is 5.56 Å². The first-order valence-electron chi connectivity index (χ1n) is 6.04. The number of halogens is 3. The van der Waals surface area contributed by atoms with Crippen LogP contribution >= 0.6 is 11.6 Å². The molecule has 1 aliphatic rings. The van der Waals surface area contributed by atoms with Crippen LogP contribution in [0.5, 0.6) is 0 Å². The summed E-state index contributed by atoms with van der Waals surface area (Å²) in [6.07, 6.45) is -0.802. The number of likely N-dealkylation sites (N-methyl/N-ethyl adjacent to an activating group) is 1. The van der Waals surface area contributed by atoms with E-state index in [1.54, 1.807) is 24.1 Å². The molecule has 0 aromatic heterocycles. The summed E-state index contributed by atoms with van der Waals surface area (Å²) in [6, 6.07) is 4.13. The van der Waals surface area contributed by atoms with Gasteiger partial charge in [-0.15, -0.1) is 0 Å². The van der Waals surface area contributed by atoms with Gasteiger partial charge in [-0.1, -0.05) is 23.7 Å². The molecule has 0 saturated carbocycles. The van der Waals surface area contributed by atoms with Gasteiger partial charge in [0.1, 0.15) is 12.0 Å². The first kappa shape index (κ1) is 14.2. The normalized spacial score (nSPS) is 23.6. The van der Waals surface area contributed by atoms with Crippen LogP contribution in [0.4, 0.5) is 8.78 Å². The number of rotatable bonds is 3. The van der Waals surface area contributed by atoms with E-state index in [-0.39, 0.29) is 30.4 Å². The van der Waals surface area contributed by atoms with Crippen LogP contribution in [0.1, 0.15) is 12.0 Å². The molecular formula is C13H15ClF2N2O. The molecule has 1 unspecified atom stereocenters.